The molecule has 148 valence electrons. The number of nitrogens with zero attached hydrogens (tertiary/aromatic N) is 2. The van der Waals surface area contributed by atoms with E-state index in [-0.39, 0.29) is 17.6 Å². The summed E-state index contributed by atoms with van der Waals surface area (Å²) in [7, 11) is 1.65. The van der Waals surface area contributed by atoms with E-state index in [2.05, 4.69) is 11.8 Å². The van der Waals surface area contributed by atoms with E-state index in [1.165, 1.54) is 17.7 Å². The third-order valence-corrected chi connectivity index (χ3v) is 5.44. The number of anilines is 1. The van der Waals surface area contributed by atoms with Crippen LogP contribution in [-0.2, 0) is 9.53 Å². The first-order valence-corrected chi connectivity index (χ1v) is 9.99. The monoisotopic (exact) mass is 394 g/mol. The third-order valence-electron chi connectivity index (χ3n) is 5.22. The van der Waals surface area contributed by atoms with Crippen molar-refractivity contribution in [3.05, 3.63) is 22.7 Å². The molecule has 1 amide bonds. The van der Waals surface area contributed by atoms with Crippen LogP contribution in [0, 0.1) is 0 Å². The highest BCUT2D eigenvalue weighted by Gasteiger charge is 2.34. The number of hydrogen-bond acceptors (Lipinski definition) is 5. The molecule has 1 fully saturated rings. The van der Waals surface area contributed by atoms with Gasteiger partial charge in [0.05, 0.1) is 5.69 Å². The quantitative estimate of drug-likeness (QED) is 0.715. The second-order valence-corrected chi connectivity index (χ2v) is 7.70. The number of benzene rings is 1. The van der Waals surface area contributed by atoms with Gasteiger partial charge in [-0.15, -0.1) is 0 Å². The van der Waals surface area contributed by atoms with Crippen molar-refractivity contribution in [3.8, 4) is 5.75 Å². The number of carbonyl (C=O) groups excluding carboxylic acids is 2. The van der Waals surface area contributed by atoms with Gasteiger partial charge in [0.1, 0.15) is 11.7 Å². The molecule has 0 N–H and O–H groups in total. The van der Waals surface area contributed by atoms with Crippen LogP contribution in [0.25, 0.3) is 0 Å². The lowest BCUT2D eigenvalue weighted by Crippen LogP contribution is -2.42. The van der Waals surface area contributed by atoms with Crippen molar-refractivity contribution in [1.29, 1.82) is 0 Å². The molecule has 0 aliphatic carbocycles. The van der Waals surface area contributed by atoms with Gasteiger partial charge in [-0.05, 0) is 44.9 Å². The van der Waals surface area contributed by atoms with E-state index in [1.807, 2.05) is 0 Å². The summed E-state index contributed by atoms with van der Waals surface area (Å²) < 4.78 is 11.5. The summed E-state index contributed by atoms with van der Waals surface area (Å²) in [5.41, 5.74) is 0.768. The van der Waals surface area contributed by atoms with Crippen LogP contribution in [-0.4, -0.2) is 55.7 Å². The number of piperidine rings is 1. The van der Waals surface area contributed by atoms with Crippen molar-refractivity contribution in [2.24, 2.45) is 0 Å². The molecular formula is C20H27ClN2O4. The lowest BCUT2D eigenvalue weighted by atomic mass is 10.1. The molecule has 0 saturated carbocycles. The van der Waals surface area contributed by atoms with Gasteiger partial charge in [0.2, 0.25) is 0 Å². The van der Waals surface area contributed by atoms with Crippen molar-refractivity contribution in [2.45, 2.75) is 51.7 Å². The Hall–Kier alpha value is -1.79. The number of carbonyl (C=O) groups is 2. The highest BCUT2D eigenvalue weighted by Crippen LogP contribution is 2.39. The van der Waals surface area contributed by atoms with Crippen LogP contribution >= 0.6 is 11.6 Å². The fourth-order valence-corrected chi connectivity index (χ4v) is 3.78. The first-order chi connectivity index (χ1) is 12.9. The molecule has 1 saturated heterocycles. The van der Waals surface area contributed by atoms with E-state index in [0.717, 1.165) is 32.5 Å². The lowest BCUT2D eigenvalue weighted by Gasteiger charge is -2.33. The Morgan fingerprint density at radius 2 is 2.04 bits per heavy atom. The van der Waals surface area contributed by atoms with Gasteiger partial charge in [0.25, 0.3) is 5.91 Å². The number of likely N-dealkylation sites (tertiary alicyclic amines) is 1. The summed E-state index contributed by atoms with van der Waals surface area (Å²) in [6.07, 6.45) is 3.27. The largest absolute Gasteiger partial charge is 0.478 e. The maximum atomic E-state index is 12.8. The molecule has 1 unspecified atom stereocenters. The third kappa shape index (κ3) is 4.38. The second kappa shape index (κ2) is 8.48. The average molecular weight is 395 g/mol. The predicted molar refractivity (Wildman–Crippen MR) is 105 cm³/mol. The molecular weight excluding hydrogens is 368 g/mol. The van der Waals surface area contributed by atoms with Gasteiger partial charge in [-0.25, -0.2) is 4.79 Å². The van der Waals surface area contributed by atoms with Crippen molar-refractivity contribution < 1.29 is 19.1 Å². The van der Waals surface area contributed by atoms with Gasteiger partial charge in [0, 0.05) is 25.2 Å². The first kappa shape index (κ1) is 20.0. The molecule has 6 nitrogen and oxygen atoms in total. The molecule has 1 aromatic carbocycles. The van der Waals surface area contributed by atoms with Crippen molar-refractivity contribution in [1.82, 2.24) is 4.90 Å². The Labute approximate surface area is 165 Å². The zero-order chi connectivity index (χ0) is 19.6. The van der Waals surface area contributed by atoms with Crippen molar-refractivity contribution in [2.75, 3.05) is 31.6 Å². The van der Waals surface area contributed by atoms with Crippen molar-refractivity contribution in [3.63, 3.8) is 0 Å². The topological polar surface area (TPSA) is 59.1 Å². The number of unbranched alkanes of at least 4 members (excludes halogenated alkanes) is 1. The number of likely N-dealkylation sites (N-methyl/N-ethyl adjacent to an activating group) is 1. The molecule has 0 spiro atoms. The number of fused-ring (bicyclic) bond motifs is 1. The van der Waals surface area contributed by atoms with E-state index >= 15 is 0 Å². The van der Waals surface area contributed by atoms with Crippen LogP contribution in [0.3, 0.4) is 0 Å². The second-order valence-electron chi connectivity index (χ2n) is 7.26. The minimum Gasteiger partial charge on any atom is -0.478 e. The van der Waals surface area contributed by atoms with E-state index in [4.69, 9.17) is 21.1 Å². The van der Waals surface area contributed by atoms with E-state index in [1.54, 1.807) is 26.1 Å². The van der Waals surface area contributed by atoms with E-state index < -0.39 is 12.1 Å². The number of ether oxygens (including phenoxy) is 2. The van der Waals surface area contributed by atoms with Crippen LogP contribution in [0.4, 0.5) is 5.69 Å². The molecule has 2 heterocycles. The molecule has 0 radical (unpaired) electrons. The Bertz CT molecular complexity index is 716. The highest BCUT2D eigenvalue weighted by atomic mass is 35.5. The van der Waals surface area contributed by atoms with Crippen LogP contribution in [0.1, 0.15) is 49.9 Å². The lowest BCUT2D eigenvalue weighted by molar-refractivity contribution is -0.125. The van der Waals surface area contributed by atoms with Crippen LogP contribution < -0.4 is 9.64 Å². The summed E-state index contributed by atoms with van der Waals surface area (Å²) in [6.45, 7) is 6.84. The maximum Gasteiger partial charge on any atom is 0.342 e. The number of amides is 1. The standard InChI is InChI=1S/C20H27ClN2O4/c1-4-5-8-23-9-6-15(7-10-23)27-20(25)16-11-14(21)12-17-18(16)26-13(2)19(24)22(17)3/h11-13,15H,4-10H2,1-3H3. The Morgan fingerprint density at radius 1 is 1.33 bits per heavy atom. The SMILES string of the molecule is CCCCN1CCC(OC(=O)c2cc(Cl)cc3c2OC(C)C(=O)N3C)CC1. The van der Waals surface area contributed by atoms with Gasteiger partial charge in [-0.1, -0.05) is 24.9 Å². The maximum absolute atomic E-state index is 12.8. The predicted octanol–water partition coefficient (Wildman–Crippen LogP) is 3.51. The molecule has 2 aliphatic rings. The molecule has 3 rings (SSSR count). The molecule has 0 bridgehead atoms. The van der Waals surface area contributed by atoms with Crippen LogP contribution in [0.2, 0.25) is 5.02 Å². The fraction of sp³-hybridized carbons (Fsp3) is 0.600. The van der Waals surface area contributed by atoms with Gasteiger partial charge < -0.3 is 19.3 Å². The Kier molecular flexibility index (Phi) is 6.27. The molecule has 2 aliphatic heterocycles. The van der Waals surface area contributed by atoms with Gasteiger partial charge in [0.15, 0.2) is 11.9 Å². The van der Waals surface area contributed by atoms with Crippen LogP contribution in [0.5, 0.6) is 5.75 Å². The fourth-order valence-electron chi connectivity index (χ4n) is 3.57. The van der Waals surface area contributed by atoms with Gasteiger partial charge in [-0.3, -0.25) is 4.79 Å². The molecule has 0 aromatic heterocycles. The Balaban J connectivity index is 1.71. The van der Waals surface area contributed by atoms with E-state index in [0.29, 0.717) is 16.5 Å². The van der Waals surface area contributed by atoms with Crippen molar-refractivity contribution >= 4 is 29.2 Å². The zero-order valence-electron chi connectivity index (χ0n) is 16.2. The summed E-state index contributed by atoms with van der Waals surface area (Å²) in [5.74, 6) is -0.265. The molecule has 1 atom stereocenters. The van der Waals surface area contributed by atoms with Gasteiger partial charge >= 0.3 is 5.97 Å². The van der Waals surface area contributed by atoms with Gasteiger partial charge in [-0.2, -0.15) is 0 Å². The molecule has 27 heavy (non-hydrogen) atoms. The smallest absolute Gasteiger partial charge is 0.342 e. The number of rotatable bonds is 5. The zero-order valence-corrected chi connectivity index (χ0v) is 16.9. The number of esters is 1. The van der Waals surface area contributed by atoms with E-state index in [9.17, 15) is 9.59 Å². The Morgan fingerprint density at radius 3 is 2.70 bits per heavy atom. The molecule has 7 heteroatoms. The summed E-state index contributed by atoms with van der Waals surface area (Å²) in [6, 6.07) is 3.18. The minimum atomic E-state index is -0.656. The summed E-state index contributed by atoms with van der Waals surface area (Å²) in [5, 5.41) is 0.368. The summed E-state index contributed by atoms with van der Waals surface area (Å²) >= 11 is 6.18. The first-order valence-electron chi connectivity index (χ1n) is 9.61. The summed E-state index contributed by atoms with van der Waals surface area (Å²) in [4.78, 5) is 28.8. The average Bonchev–Trinajstić information content (AvgIpc) is 2.66. The van der Waals surface area contributed by atoms with Crippen LogP contribution in [0.15, 0.2) is 12.1 Å². The molecule has 1 aromatic rings. The highest BCUT2D eigenvalue weighted by molar-refractivity contribution is 6.31. The number of halogens is 1. The minimum absolute atomic E-state index is 0.106. The number of hydrogen-bond donors (Lipinski definition) is 0. The normalized spacial score (nSPS) is 21.0.